The number of aromatic nitrogens is 1. The molecule has 1 aromatic rings. The van der Waals surface area contributed by atoms with Gasteiger partial charge in [-0.15, -0.1) is 0 Å². The molecular weight excluding hydrogens is 204 g/mol. The number of nitrogens with one attached hydrogen (secondary N) is 1. The van der Waals surface area contributed by atoms with E-state index < -0.39 is 5.97 Å². The zero-order valence-electron chi connectivity index (χ0n) is 10.4. The Bertz CT molecular complexity index is 381. The van der Waals surface area contributed by atoms with E-state index in [-0.39, 0.29) is 6.54 Å². The molecule has 16 heavy (non-hydrogen) atoms. The van der Waals surface area contributed by atoms with E-state index in [9.17, 15) is 4.79 Å². The molecule has 0 bridgehead atoms. The number of hydrogen-bond acceptors (Lipinski definition) is 2. The van der Waals surface area contributed by atoms with Gasteiger partial charge in [-0.25, -0.2) is 0 Å². The third-order valence-electron chi connectivity index (χ3n) is 2.70. The lowest BCUT2D eigenvalue weighted by Gasteiger charge is -2.13. The SMILES string of the molecule is Cc1cc(CNCC(=O)O)c(C)n1C(C)C. The van der Waals surface area contributed by atoms with E-state index in [0.29, 0.717) is 12.6 Å². The van der Waals surface area contributed by atoms with E-state index >= 15 is 0 Å². The Labute approximate surface area is 96.3 Å². The van der Waals surface area contributed by atoms with Crippen LogP contribution in [0.15, 0.2) is 6.07 Å². The van der Waals surface area contributed by atoms with E-state index in [1.165, 1.54) is 17.0 Å². The van der Waals surface area contributed by atoms with Crippen LogP contribution in [0.5, 0.6) is 0 Å². The third-order valence-corrected chi connectivity index (χ3v) is 2.70. The van der Waals surface area contributed by atoms with Gasteiger partial charge in [0.1, 0.15) is 0 Å². The molecule has 0 aliphatic heterocycles. The predicted octanol–water partition coefficient (Wildman–Crippen LogP) is 1.86. The van der Waals surface area contributed by atoms with E-state index in [2.05, 4.69) is 43.6 Å². The highest BCUT2D eigenvalue weighted by Crippen LogP contribution is 2.19. The summed E-state index contributed by atoms with van der Waals surface area (Å²) >= 11 is 0. The standard InChI is InChI=1S/C12H20N2O2/c1-8(2)14-9(3)5-11(10(14)4)6-13-7-12(15)16/h5,8,13H,6-7H2,1-4H3,(H,15,16). The molecule has 0 spiro atoms. The molecule has 1 aromatic heterocycles. The van der Waals surface area contributed by atoms with Crippen LogP contribution in [0, 0.1) is 13.8 Å². The first-order valence-corrected chi connectivity index (χ1v) is 5.53. The van der Waals surface area contributed by atoms with Crippen LogP contribution in [-0.4, -0.2) is 22.2 Å². The van der Waals surface area contributed by atoms with Gasteiger partial charge in [-0.2, -0.15) is 0 Å². The van der Waals surface area contributed by atoms with Crippen molar-refractivity contribution in [3.63, 3.8) is 0 Å². The second-order valence-electron chi connectivity index (χ2n) is 4.36. The lowest BCUT2D eigenvalue weighted by Crippen LogP contribution is -2.22. The Morgan fingerprint density at radius 2 is 2.12 bits per heavy atom. The van der Waals surface area contributed by atoms with Crippen LogP contribution < -0.4 is 5.32 Å². The molecule has 90 valence electrons. The number of carbonyl (C=O) groups is 1. The molecule has 0 saturated carbocycles. The van der Waals surface area contributed by atoms with Crippen LogP contribution in [0.2, 0.25) is 0 Å². The monoisotopic (exact) mass is 224 g/mol. The van der Waals surface area contributed by atoms with Crippen LogP contribution in [0.3, 0.4) is 0 Å². The second kappa shape index (κ2) is 5.16. The van der Waals surface area contributed by atoms with Gasteiger partial charge in [-0.3, -0.25) is 4.79 Å². The van der Waals surface area contributed by atoms with Crippen molar-refractivity contribution in [2.75, 3.05) is 6.54 Å². The second-order valence-corrected chi connectivity index (χ2v) is 4.36. The van der Waals surface area contributed by atoms with Crippen LogP contribution >= 0.6 is 0 Å². The fraction of sp³-hybridized carbons (Fsp3) is 0.583. The highest BCUT2D eigenvalue weighted by atomic mass is 16.4. The third kappa shape index (κ3) is 2.85. The largest absolute Gasteiger partial charge is 0.480 e. The van der Waals surface area contributed by atoms with Crippen LogP contribution in [0.25, 0.3) is 0 Å². The zero-order valence-corrected chi connectivity index (χ0v) is 10.4. The molecule has 1 heterocycles. The van der Waals surface area contributed by atoms with Gasteiger partial charge < -0.3 is 15.0 Å². The Morgan fingerprint density at radius 3 is 2.56 bits per heavy atom. The highest BCUT2D eigenvalue weighted by molar-refractivity contribution is 5.69. The van der Waals surface area contributed by atoms with Gasteiger partial charge in [0.15, 0.2) is 0 Å². The van der Waals surface area contributed by atoms with Crippen molar-refractivity contribution >= 4 is 5.97 Å². The number of carboxylic acid groups (broad SMARTS) is 1. The molecule has 0 aliphatic carbocycles. The van der Waals surface area contributed by atoms with Gasteiger partial charge >= 0.3 is 5.97 Å². The average Bonchev–Trinajstić information content (AvgIpc) is 2.41. The fourth-order valence-electron chi connectivity index (χ4n) is 2.12. The van der Waals surface area contributed by atoms with Gasteiger partial charge in [-0.1, -0.05) is 0 Å². The number of aliphatic carboxylic acids is 1. The minimum Gasteiger partial charge on any atom is -0.480 e. The van der Waals surface area contributed by atoms with E-state index in [0.717, 1.165) is 0 Å². The van der Waals surface area contributed by atoms with Crippen LogP contribution in [0.4, 0.5) is 0 Å². The summed E-state index contributed by atoms with van der Waals surface area (Å²) in [5, 5.41) is 11.4. The smallest absolute Gasteiger partial charge is 0.317 e. The first kappa shape index (κ1) is 12.8. The molecule has 0 radical (unpaired) electrons. The highest BCUT2D eigenvalue weighted by Gasteiger charge is 2.10. The summed E-state index contributed by atoms with van der Waals surface area (Å²) in [4.78, 5) is 10.4. The minimum atomic E-state index is -0.822. The molecule has 0 saturated heterocycles. The molecule has 0 fully saturated rings. The summed E-state index contributed by atoms with van der Waals surface area (Å²) in [6.45, 7) is 9.06. The van der Waals surface area contributed by atoms with E-state index in [1.807, 2.05) is 0 Å². The van der Waals surface area contributed by atoms with Crippen LogP contribution in [0.1, 0.15) is 36.8 Å². The molecule has 0 atom stereocenters. The van der Waals surface area contributed by atoms with Crippen molar-refractivity contribution in [1.29, 1.82) is 0 Å². The van der Waals surface area contributed by atoms with Crippen LogP contribution in [-0.2, 0) is 11.3 Å². The molecule has 0 unspecified atom stereocenters. The van der Waals surface area contributed by atoms with Gasteiger partial charge in [0, 0.05) is 24.0 Å². The van der Waals surface area contributed by atoms with Crippen molar-refractivity contribution < 1.29 is 9.90 Å². The summed E-state index contributed by atoms with van der Waals surface area (Å²) in [6, 6.07) is 2.55. The van der Waals surface area contributed by atoms with Gasteiger partial charge in [-0.05, 0) is 39.3 Å². The van der Waals surface area contributed by atoms with Crippen molar-refractivity contribution in [2.24, 2.45) is 0 Å². The van der Waals surface area contributed by atoms with E-state index in [1.54, 1.807) is 0 Å². The number of hydrogen-bond donors (Lipinski definition) is 2. The van der Waals surface area contributed by atoms with Crippen molar-refractivity contribution in [3.05, 3.63) is 23.0 Å². The van der Waals surface area contributed by atoms with Gasteiger partial charge in [0.05, 0.1) is 6.54 Å². The molecule has 4 heteroatoms. The van der Waals surface area contributed by atoms with Crippen molar-refractivity contribution in [1.82, 2.24) is 9.88 Å². The number of aryl methyl sites for hydroxylation is 1. The minimum absolute atomic E-state index is 0.00530. The Kier molecular flexibility index (Phi) is 4.12. The zero-order chi connectivity index (χ0) is 12.3. The molecule has 1 rings (SSSR count). The Morgan fingerprint density at radius 1 is 1.50 bits per heavy atom. The summed E-state index contributed by atoms with van der Waals surface area (Å²) < 4.78 is 2.26. The number of nitrogens with zero attached hydrogens (tertiary/aromatic N) is 1. The average molecular weight is 224 g/mol. The first-order chi connectivity index (χ1) is 7.43. The lowest BCUT2D eigenvalue weighted by molar-refractivity contribution is -0.135. The molecule has 0 aromatic carbocycles. The predicted molar refractivity (Wildman–Crippen MR) is 63.6 cm³/mol. The topological polar surface area (TPSA) is 54.3 Å². The molecule has 2 N–H and O–H groups in total. The molecule has 0 aliphatic rings. The molecule has 0 amide bonds. The Balaban J connectivity index is 2.75. The van der Waals surface area contributed by atoms with Gasteiger partial charge in [0.25, 0.3) is 0 Å². The quantitative estimate of drug-likeness (QED) is 0.802. The molecular formula is C12H20N2O2. The number of carboxylic acids is 1. The van der Waals surface area contributed by atoms with Crippen molar-refractivity contribution in [3.8, 4) is 0 Å². The number of rotatable bonds is 5. The summed E-state index contributed by atoms with van der Waals surface area (Å²) in [7, 11) is 0. The molecule has 4 nitrogen and oxygen atoms in total. The summed E-state index contributed by atoms with van der Waals surface area (Å²) in [6.07, 6.45) is 0. The first-order valence-electron chi connectivity index (χ1n) is 5.53. The fourth-order valence-corrected chi connectivity index (χ4v) is 2.12. The maximum Gasteiger partial charge on any atom is 0.317 e. The normalized spacial score (nSPS) is 11.1. The summed E-state index contributed by atoms with van der Waals surface area (Å²) in [5.41, 5.74) is 3.61. The van der Waals surface area contributed by atoms with E-state index in [4.69, 9.17) is 5.11 Å². The Hall–Kier alpha value is -1.29. The van der Waals surface area contributed by atoms with Gasteiger partial charge in [0.2, 0.25) is 0 Å². The summed E-state index contributed by atoms with van der Waals surface area (Å²) in [5.74, 6) is -0.822. The van der Waals surface area contributed by atoms with Crippen molar-refractivity contribution in [2.45, 2.75) is 40.3 Å². The maximum atomic E-state index is 10.4. The maximum absolute atomic E-state index is 10.4. The lowest BCUT2D eigenvalue weighted by atomic mass is 10.2.